The molecule has 0 radical (unpaired) electrons. The van der Waals surface area contributed by atoms with E-state index in [1.807, 2.05) is 0 Å². The van der Waals surface area contributed by atoms with Crippen LogP contribution in [-0.4, -0.2) is 26.9 Å². The molecule has 0 aromatic heterocycles. The molecule has 2 rings (SSSR count). The van der Waals surface area contributed by atoms with Gasteiger partial charge in [-0.3, -0.25) is 0 Å². The van der Waals surface area contributed by atoms with E-state index in [2.05, 4.69) is 20.5 Å². The van der Waals surface area contributed by atoms with Gasteiger partial charge in [-0.05, 0) is 37.3 Å². The third-order valence-electron chi connectivity index (χ3n) is 4.21. The van der Waals surface area contributed by atoms with E-state index in [0.717, 1.165) is 32.1 Å². The van der Waals surface area contributed by atoms with Crippen LogP contribution in [0.3, 0.4) is 0 Å². The molecule has 0 saturated heterocycles. The van der Waals surface area contributed by atoms with E-state index in [-0.39, 0.29) is 10.8 Å². The second-order valence-corrected chi connectivity index (χ2v) is 7.91. The molecule has 0 aliphatic heterocycles. The zero-order valence-corrected chi connectivity index (χ0v) is 14.7. The number of aryl methyl sites for hydroxylation is 1. The summed E-state index contributed by atoms with van der Waals surface area (Å²) in [6.07, 6.45) is 4.54. The Balaban J connectivity index is 2.40. The lowest BCUT2D eigenvalue weighted by atomic mass is 9.89. The minimum Gasteiger partial charge on any atom is -0.240 e. The molecule has 7 nitrogen and oxygen atoms in total. The normalized spacial score (nSPS) is 18.2. The Morgan fingerprint density at radius 3 is 2.42 bits per heavy atom. The highest BCUT2D eigenvalue weighted by Crippen LogP contribution is 2.34. The van der Waals surface area contributed by atoms with Crippen LogP contribution < -0.4 is 0 Å². The topological polar surface area (TPSA) is 101 Å². The van der Waals surface area contributed by atoms with Gasteiger partial charge < -0.3 is 0 Å². The van der Waals surface area contributed by atoms with Crippen molar-refractivity contribution < 1.29 is 13.2 Å². The number of hydrogen-bond acceptors (Lipinski definition) is 5. The van der Waals surface area contributed by atoms with Crippen LogP contribution >= 0.6 is 0 Å². The Bertz CT molecular complexity index is 737. The van der Waals surface area contributed by atoms with Crippen LogP contribution in [0.15, 0.2) is 49.6 Å². The first-order chi connectivity index (χ1) is 11.5. The molecule has 1 atom stereocenters. The number of carbonyl (C=O) groups excluding carboxylic acids is 1. The highest BCUT2D eigenvalue weighted by molar-refractivity contribution is 7.92. The second kappa shape index (κ2) is 8.23. The quantitative estimate of drug-likeness (QED) is 0.755. The molecule has 2 amide bonds. The molecular weight excluding hydrogens is 328 g/mol. The van der Waals surface area contributed by atoms with Crippen molar-refractivity contribution in [3.8, 4) is 0 Å². The van der Waals surface area contributed by atoms with E-state index in [1.54, 1.807) is 31.2 Å². The molecule has 1 aromatic carbocycles. The molecule has 1 aliphatic rings. The molecular formula is C16H22N4O3S. The predicted molar refractivity (Wildman–Crippen MR) is 89.8 cm³/mol. The average Bonchev–Trinajstić information content (AvgIpc) is 2.56. The van der Waals surface area contributed by atoms with Crippen LogP contribution in [0.4, 0.5) is 4.79 Å². The summed E-state index contributed by atoms with van der Waals surface area (Å²) in [5.41, 5.74) is 0.660. The molecule has 1 aromatic rings. The van der Waals surface area contributed by atoms with Gasteiger partial charge in [0, 0.05) is 7.05 Å². The lowest BCUT2D eigenvalue weighted by Crippen LogP contribution is -2.30. The summed E-state index contributed by atoms with van der Waals surface area (Å²) in [6, 6.07) is 5.91. The molecule has 1 fully saturated rings. The van der Waals surface area contributed by atoms with Crippen LogP contribution in [0.2, 0.25) is 0 Å². The van der Waals surface area contributed by atoms with E-state index in [4.69, 9.17) is 0 Å². The van der Waals surface area contributed by atoms with E-state index < -0.39 is 21.2 Å². The van der Waals surface area contributed by atoms with Gasteiger partial charge >= 0.3 is 6.03 Å². The lowest BCUT2D eigenvalue weighted by molar-refractivity contribution is 0.253. The summed E-state index contributed by atoms with van der Waals surface area (Å²) in [5.74, 6) is -0.140. The van der Waals surface area contributed by atoms with Crippen molar-refractivity contribution in [2.24, 2.45) is 26.4 Å². The van der Waals surface area contributed by atoms with Crippen LogP contribution in [0.5, 0.6) is 0 Å². The van der Waals surface area contributed by atoms with Gasteiger partial charge in [0.15, 0.2) is 5.37 Å². The van der Waals surface area contributed by atoms with Crippen LogP contribution in [0.25, 0.3) is 0 Å². The Hall–Kier alpha value is -1.96. The fourth-order valence-corrected chi connectivity index (χ4v) is 5.04. The number of rotatable bonds is 4. The molecule has 1 saturated carbocycles. The Morgan fingerprint density at radius 1 is 1.12 bits per heavy atom. The van der Waals surface area contributed by atoms with E-state index in [0.29, 0.717) is 5.56 Å². The number of azo groups is 2. The summed E-state index contributed by atoms with van der Waals surface area (Å²) in [4.78, 5) is 11.7. The Morgan fingerprint density at radius 2 is 1.79 bits per heavy atom. The smallest absolute Gasteiger partial charge is 0.240 e. The van der Waals surface area contributed by atoms with Gasteiger partial charge in [0.25, 0.3) is 0 Å². The van der Waals surface area contributed by atoms with Crippen molar-refractivity contribution in [2.75, 3.05) is 7.05 Å². The standard InChI is InChI=1S/C16H22N4O3S/c1-12-8-6-7-11-14(12)24(22,23)15(13-9-4-3-5-10-13)18-20-16(21)19-17-2/h6-8,11,13,15H,3-5,9-10H2,1-2H3. The summed E-state index contributed by atoms with van der Waals surface area (Å²) in [6.45, 7) is 1.75. The zero-order chi connectivity index (χ0) is 17.6. The van der Waals surface area contributed by atoms with Gasteiger partial charge in [-0.15, -0.1) is 0 Å². The zero-order valence-electron chi connectivity index (χ0n) is 13.9. The van der Waals surface area contributed by atoms with E-state index in [1.165, 1.54) is 7.05 Å². The molecule has 8 heteroatoms. The largest absolute Gasteiger partial charge is 0.403 e. The van der Waals surface area contributed by atoms with Crippen molar-refractivity contribution >= 4 is 15.9 Å². The third-order valence-corrected chi connectivity index (χ3v) is 6.40. The van der Waals surface area contributed by atoms with Crippen LogP contribution in [-0.2, 0) is 9.84 Å². The van der Waals surface area contributed by atoms with Crippen molar-refractivity contribution in [1.29, 1.82) is 0 Å². The maximum absolute atomic E-state index is 13.1. The fourth-order valence-electron chi connectivity index (χ4n) is 3.05. The highest BCUT2D eigenvalue weighted by Gasteiger charge is 2.36. The lowest BCUT2D eigenvalue weighted by Gasteiger charge is -2.26. The van der Waals surface area contributed by atoms with Gasteiger partial charge in [0.2, 0.25) is 9.84 Å². The van der Waals surface area contributed by atoms with Crippen molar-refractivity contribution in [1.82, 2.24) is 0 Å². The molecule has 130 valence electrons. The maximum Gasteiger partial charge on any atom is 0.403 e. The van der Waals surface area contributed by atoms with Crippen LogP contribution in [0, 0.1) is 12.8 Å². The van der Waals surface area contributed by atoms with Gasteiger partial charge in [0.05, 0.1) is 4.90 Å². The molecule has 1 unspecified atom stereocenters. The Labute approximate surface area is 142 Å². The fraction of sp³-hybridized carbons (Fsp3) is 0.562. The van der Waals surface area contributed by atoms with E-state index in [9.17, 15) is 13.2 Å². The molecule has 1 aliphatic carbocycles. The van der Waals surface area contributed by atoms with Crippen molar-refractivity contribution in [2.45, 2.75) is 49.3 Å². The monoisotopic (exact) mass is 350 g/mol. The van der Waals surface area contributed by atoms with E-state index >= 15 is 0 Å². The highest BCUT2D eigenvalue weighted by atomic mass is 32.2. The van der Waals surface area contributed by atoms with Crippen LogP contribution in [0.1, 0.15) is 37.7 Å². The predicted octanol–water partition coefficient (Wildman–Crippen LogP) is 4.33. The van der Waals surface area contributed by atoms with Gasteiger partial charge in [0.1, 0.15) is 0 Å². The third kappa shape index (κ3) is 4.31. The minimum absolute atomic E-state index is 0.140. The second-order valence-electron chi connectivity index (χ2n) is 5.90. The van der Waals surface area contributed by atoms with Crippen molar-refractivity contribution in [3.05, 3.63) is 29.8 Å². The number of sulfone groups is 1. The average molecular weight is 350 g/mol. The number of benzene rings is 1. The maximum atomic E-state index is 13.1. The van der Waals surface area contributed by atoms with Gasteiger partial charge in [-0.2, -0.15) is 10.2 Å². The first-order valence-corrected chi connectivity index (χ1v) is 9.55. The van der Waals surface area contributed by atoms with Gasteiger partial charge in [-0.1, -0.05) is 47.7 Å². The molecule has 24 heavy (non-hydrogen) atoms. The molecule has 0 bridgehead atoms. The summed E-state index contributed by atoms with van der Waals surface area (Å²) >= 11 is 0. The number of carbonyl (C=O) groups is 1. The number of hydrogen-bond donors (Lipinski definition) is 0. The summed E-state index contributed by atoms with van der Waals surface area (Å²) in [5, 5.41) is 12.9. The van der Waals surface area contributed by atoms with Gasteiger partial charge in [-0.25, -0.2) is 13.2 Å². The SMILES string of the molecule is CN=NC(=O)N=NC(C1CCCCC1)S(=O)(=O)c1ccccc1C. The minimum atomic E-state index is -3.73. The number of amides is 2. The van der Waals surface area contributed by atoms with Crippen molar-refractivity contribution in [3.63, 3.8) is 0 Å². The molecule has 0 N–H and O–H groups in total. The Kier molecular flexibility index (Phi) is 6.30. The molecule has 0 heterocycles. The number of urea groups is 1. The number of nitrogens with zero attached hydrogens (tertiary/aromatic N) is 4. The summed E-state index contributed by atoms with van der Waals surface area (Å²) < 4.78 is 26.2. The summed E-state index contributed by atoms with van der Waals surface area (Å²) in [7, 11) is -2.38. The first kappa shape index (κ1) is 18.4. The molecule has 0 spiro atoms. The first-order valence-electron chi connectivity index (χ1n) is 8.01.